The van der Waals surface area contributed by atoms with E-state index in [0.29, 0.717) is 10.0 Å². The molecule has 0 atom stereocenters. The van der Waals surface area contributed by atoms with Gasteiger partial charge in [0.25, 0.3) is 0 Å². The highest BCUT2D eigenvalue weighted by Gasteiger charge is 1.99. The van der Waals surface area contributed by atoms with E-state index in [4.69, 9.17) is 27.9 Å². The van der Waals surface area contributed by atoms with E-state index in [9.17, 15) is 0 Å². The van der Waals surface area contributed by atoms with E-state index < -0.39 is 0 Å². The third-order valence-electron chi connectivity index (χ3n) is 4.00. The lowest BCUT2D eigenvalue weighted by Gasteiger charge is -2.11. The average Bonchev–Trinajstić information content (AvgIpc) is 2.61. The van der Waals surface area contributed by atoms with Gasteiger partial charge in [-0.25, -0.2) is 0 Å². The van der Waals surface area contributed by atoms with Crippen molar-refractivity contribution < 1.29 is 4.74 Å². The molecule has 0 saturated heterocycles. The molecule has 2 aromatic carbocycles. The summed E-state index contributed by atoms with van der Waals surface area (Å²) in [6, 6.07) is 13.6. The van der Waals surface area contributed by atoms with Crippen LogP contribution in [0.25, 0.3) is 0 Å². The van der Waals surface area contributed by atoms with Crippen molar-refractivity contribution in [3.63, 3.8) is 0 Å². The van der Waals surface area contributed by atoms with Crippen LogP contribution in [0.2, 0.25) is 10.0 Å². The highest BCUT2D eigenvalue weighted by Crippen LogP contribution is 2.22. The predicted octanol–water partition coefficient (Wildman–Crippen LogP) is 6.87. The Labute approximate surface area is 167 Å². The normalized spacial score (nSPS) is 10.6. The molecule has 0 bridgehead atoms. The SMILES string of the molecule is CCCCCCCOc1cccc(NCCNc2cc(Cl)cc(Cl)c2)c1. The van der Waals surface area contributed by atoms with Crippen LogP contribution in [0.3, 0.4) is 0 Å². The van der Waals surface area contributed by atoms with Crippen molar-refractivity contribution in [2.45, 2.75) is 39.0 Å². The molecule has 2 aromatic rings. The number of rotatable bonds is 12. The van der Waals surface area contributed by atoms with Crippen molar-refractivity contribution in [3.8, 4) is 5.75 Å². The van der Waals surface area contributed by atoms with Gasteiger partial charge < -0.3 is 15.4 Å². The molecule has 0 aliphatic heterocycles. The Hall–Kier alpha value is -1.58. The van der Waals surface area contributed by atoms with Crippen LogP contribution in [0.5, 0.6) is 5.75 Å². The maximum atomic E-state index is 6.00. The van der Waals surface area contributed by atoms with E-state index in [1.54, 1.807) is 6.07 Å². The van der Waals surface area contributed by atoms with Gasteiger partial charge in [0.05, 0.1) is 6.61 Å². The largest absolute Gasteiger partial charge is 0.494 e. The quantitative estimate of drug-likeness (QED) is 0.385. The number of ether oxygens (including phenoxy) is 1. The number of hydrogen-bond donors (Lipinski definition) is 2. The zero-order valence-corrected chi connectivity index (χ0v) is 16.9. The number of anilines is 2. The summed E-state index contributed by atoms with van der Waals surface area (Å²) in [5, 5.41) is 7.97. The molecule has 0 unspecified atom stereocenters. The highest BCUT2D eigenvalue weighted by molar-refractivity contribution is 6.35. The van der Waals surface area contributed by atoms with Crippen molar-refractivity contribution in [1.82, 2.24) is 0 Å². The molecular weight excluding hydrogens is 367 g/mol. The van der Waals surface area contributed by atoms with Gasteiger partial charge in [-0.1, -0.05) is 61.9 Å². The summed E-state index contributed by atoms with van der Waals surface area (Å²) in [5.74, 6) is 0.917. The first kappa shape index (κ1) is 20.7. The van der Waals surface area contributed by atoms with Crippen LogP contribution in [0, 0.1) is 0 Å². The molecule has 0 saturated carbocycles. The van der Waals surface area contributed by atoms with E-state index >= 15 is 0 Å². The molecule has 0 fully saturated rings. The van der Waals surface area contributed by atoms with Crippen LogP contribution in [0.15, 0.2) is 42.5 Å². The third-order valence-corrected chi connectivity index (χ3v) is 4.43. The molecule has 3 nitrogen and oxygen atoms in total. The van der Waals surface area contributed by atoms with Gasteiger partial charge in [0, 0.05) is 40.6 Å². The zero-order chi connectivity index (χ0) is 18.6. The topological polar surface area (TPSA) is 33.3 Å². The fourth-order valence-corrected chi connectivity index (χ4v) is 3.19. The number of unbranched alkanes of at least 4 members (excludes halogenated alkanes) is 4. The summed E-state index contributed by atoms with van der Waals surface area (Å²) < 4.78 is 5.84. The molecule has 2 rings (SSSR count). The molecule has 142 valence electrons. The van der Waals surface area contributed by atoms with Crippen LogP contribution in [-0.4, -0.2) is 19.7 Å². The van der Waals surface area contributed by atoms with Crippen LogP contribution in [0.4, 0.5) is 11.4 Å². The van der Waals surface area contributed by atoms with E-state index in [0.717, 1.165) is 43.2 Å². The number of benzene rings is 2. The molecule has 0 heterocycles. The van der Waals surface area contributed by atoms with Gasteiger partial charge >= 0.3 is 0 Å². The number of halogens is 2. The van der Waals surface area contributed by atoms with Gasteiger partial charge in [-0.3, -0.25) is 0 Å². The molecule has 0 aliphatic carbocycles. The minimum atomic E-state index is 0.632. The van der Waals surface area contributed by atoms with Crippen LogP contribution >= 0.6 is 23.2 Å². The molecular formula is C21H28Cl2N2O. The summed E-state index contributed by atoms with van der Waals surface area (Å²) in [4.78, 5) is 0. The Morgan fingerprint density at radius 2 is 1.50 bits per heavy atom. The van der Waals surface area contributed by atoms with E-state index in [1.807, 2.05) is 36.4 Å². The van der Waals surface area contributed by atoms with Gasteiger partial charge in [0.2, 0.25) is 0 Å². The van der Waals surface area contributed by atoms with Gasteiger partial charge in [-0.05, 0) is 36.8 Å². The lowest BCUT2D eigenvalue weighted by Crippen LogP contribution is -2.13. The van der Waals surface area contributed by atoms with E-state index in [1.165, 1.54) is 25.7 Å². The molecule has 0 amide bonds. The molecule has 2 N–H and O–H groups in total. The molecule has 0 aliphatic rings. The minimum absolute atomic E-state index is 0.632. The molecule has 0 aromatic heterocycles. The van der Waals surface area contributed by atoms with Crippen LogP contribution < -0.4 is 15.4 Å². The zero-order valence-electron chi connectivity index (χ0n) is 15.4. The first-order valence-corrected chi connectivity index (χ1v) is 10.1. The summed E-state index contributed by atoms with van der Waals surface area (Å²) in [6.07, 6.45) is 6.24. The smallest absolute Gasteiger partial charge is 0.121 e. The fraction of sp³-hybridized carbons (Fsp3) is 0.429. The Balaban J connectivity index is 1.67. The van der Waals surface area contributed by atoms with Gasteiger partial charge in [0.15, 0.2) is 0 Å². The summed E-state index contributed by atoms with van der Waals surface area (Å²) in [7, 11) is 0. The third kappa shape index (κ3) is 8.20. The summed E-state index contributed by atoms with van der Waals surface area (Å²) >= 11 is 12.0. The maximum Gasteiger partial charge on any atom is 0.121 e. The summed E-state index contributed by atoms with van der Waals surface area (Å²) in [5.41, 5.74) is 1.98. The number of nitrogens with one attached hydrogen (secondary N) is 2. The first-order chi connectivity index (χ1) is 12.7. The fourth-order valence-electron chi connectivity index (χ4n) is 2.66. The second-order valence-electron chi connectivity index (χ2n) is 6.30. The second kappa shape index (κ2) is 11.9. The lowest BCUT2D eigenvalue weighted by atomic mass is 10.2. The molecule has 5 heteroatoms. The van der Waals surface area contributed by atoms with Gasteiger partial charge in [-0.15, -0.1) is 0 Å². The van der Waals surface area contributed by atoms with E-state index in [-0.39, 0.29) is 0 Å². The highest BCUT2D eigenvalue weighted by atomic mass is 35.5. The maximum absolute atomic E-state index is 6.00. The van der Waals surface area contributed by atoms with Crippen LogP contribution in [-0.2, 0) is 0 Å². The Morgan fingerprint density at radius 1 is 0.808 bits per heavy atom. The minimum Gasteiger partial charge on any atom is -0.494 e. The van der Waals surface area contributed by atoms with Crippen LogP contribution in [0.1, 0.15) is 39.0 Å². The second-order valence-corrected chi connectivity index (χ2v) is 7.18. The average molecular weight is 395 g/mol. The Morgan fingerprint density at radius 3 is 2.23 bits per heavy atom. The Bertz CT molecular complexity index is 644. The van der Waals surface area contributed by atoms with Gasteiger partial charge in [-0.2, -0.15) is 0 Å². The van der Waals surface area contributed by atoms with Gasteiger partial charge in [0.1, 0.15) is 5.75 Å². The van der Waals surface area contributed by atoms with E-state index in [2.05, 4.69) is 17.6 Å². The van der Waals surface area contributed by atoms with Crippen molar-refractivity contribution in [1.29, 1.82) is 0 Å². The molecule has 0 spiro atoms. The monoisotopic (exact) mass is 394 g/mol. The lowest BCUT2D eigenvalue weighted by molar-refractivity contribution is 0.304. The molecule has 26 heavy (non-hydrogen) atoms. The number of hydrogen-bond acceptors (Lipinski definition) is 3. The molecule has 0 radical (unpaired) electrons. The Kier molecular flexibility index (Phi) is 9.51. The first-order valence-electron chi connectivity index (χ1n) is 9.34. The van der Waals surface area contributed by atoms with Crippen molar-refractivity contribution >= 4 is 34.6 Å². The predicted molar refractivity (Wildman–Crippen MR) is 114 cm³/mol. The van der Waals surface area contributed by atoms with Crippen molar-refractivity contribution in [3.05, 3.63) is 52.5 Å². The van der Waals surface area contributed by atoms with Crippen molar-refractivity contribution in [2.24, 2.45) is 0 Å². The standard InChI is InChI=1S/C21H28Cl2N2O/c1-2-3-4-5-6-12-26-21-9-7-8-19(16-21)24-10-11-25-20-14-17(22)13-18(23)15-20/h7-9,13-16,24-25H,2-6,10-12H2,1H3. The van der Waals surface area contributed by atoms with Crippen molar-refractivity contribution in [2.75, 3.05) is 30.3 Å². The summed E-state index contributed by atoms with van der Waals surface area (Å²) in [6.45, 7) is 4.56.